The van der Waals surface area contributed by atoms with Gasteiger partial charge >= 0.3 is 5.97 Å². The first-order valence-corrected chi connectivity index (χ1v) is 17.5. The van der Waals surface area contributed by atoms with E-state index in [0.29, 0.717) is 19.3 Å². The van der Waals surface area contributed by atoms with E-state index in [0.717, 1.165) is 44.0 Å². The highest BCUT2D eigenvalue weighted by molar-refractivity contribution is 6.04. The van der Waals surface area contributed by atoms with Crippen LogP contribution in [0.25, 0.3) is 0 Å². The quantitative estimate of drug-likeness (QED) is 0.336. The van der Waals surface area contributed by atoms with Gasteiger partial charge in [0.1, 0.15) is 17.3 Å². The summed E-state index contributed by atoms with van der Waals surface area (Å²) in [4.78, 5) is 34.4. The third-order valence-corrected chi connectivity index (χ3v) is 10.2. The average Bonchev–Trinajstić information content (AvgIpc) is 3.03. The normalized spacial score (nSPS) is 34.1. The average molecular weight is 678 g/mol. The molecule has 274 valence electrons. The summed E-state index contributed by atoms with van der Waals surface area (Å²) in [5, 5.41) is 11.4. The summed E-state index contributed by atoms with van der Waals surface area (Å²) >= 11 is 0. The van der Waals surface area contributed by atoms with Gasteiger partial charge in [0, 0.05) is 51.8 Å². The Bertz CT molecular complexity index is 1180. The molecule has 0 radical (unpaired) electrons. The zero-order valence-electron chi connectivity index (χ0n) is 31.4. The largest absolute Gasteiger partial charge is 0.497 e. The second kappa shape index (κ2) is 17.7. The molecule has 1 aromatic rings. The molecular weight excluding hydrogens is 614 g/mol. The maximum absolute atomic E-state index is 14.3. The molecule has 0 unspecified atom stereocenters. The Hall–Kier alpha value is -2.12. The lowest BCUT2D eigenvalue weighted by atomic mass is 9.74. The number of aliphatic hydroxyl groups is 1. The molecule has 0 bridgehead atoms. The maximum atomic E-state index is 14.3. The number of Topliss-reactive ketones (excluding diaryl/α,β-unsaturated/α-hetero) is 1. The van der Waals surface area contributed by atoms with E-state index in [-0.39, 0.29) is 30.5 Å². The minimum Gasteiger partial charge on any atom is -0.497 e. The third-order valence-electron chi connectivity index (χ3n) is 10.2. The Labute approximate surface area is 289 Å². The molecule has 2 fully saturated rings. The number of benzene rings is 1. The van der Waals surface area contributed by atoms with Gasteiger partial charge in [0.05, 0.1) is 31.5 Å². The van der Waals surface area contributed by atoms with Gasteiger partial charge in [0.25, 0.3) is 0 Å². The molecule has 2 heterocycles. The van der Waals surface area contributed by atoms with Crippen LogP contribution in [0, 0.1) is 17.3 Å². The SMILES string of the molecule is COc1cccc(CN2CCCOC(=O)C(C)(C)C(=O)[C@H](C)[C@@H](O[C@@H]3O[C@H](C)C[C@H](N(C)C)[C@H]3O)[C@](C)(OC)C[C@@H](C)CN(C)CC2)c1. The topological polar surface area (TPSA) is 110 Å². The van der Waals surface area contributed by atoms with Crippen molar-refractivity contribution in [3.63, 3.8) is 0 Å². The highest BCUT2D eigenvalue weighted by Crippen LogP contribution is 2.38. The molecule has 2 aliphatic heterocycles. The van der Waals surface area contributed by atoms with Crippen molar-refractivity contribution in [2.45, 2.75) is 104 Å². The number of aliphatic hydroxyl groups excluding tert-OH is 1. The number of hydrogen-bond donors (Lipinski definition) is 1. The van der Waals surface area contributed by atoms with Crippen LogP contribution in [0.2, 0.25) is 0 Å². The second-order valence-electron chi connectivity index (χ2n) is 15.1. The highest BCUT2D eigenvalue weighted by atomic mass is 16.7. The number of ether oxygens (including phenoxy) is 5. The van der Waals surface area contributed by atoms with Crippen LogP contribution >= 0.6 is 0 Å². The molecule has 8 atom stereocenters. The molecule has 0 aromatic heterocycles. The first kappa shape index (κ1) is 40.3. The Kier molecular flexibility index (Phi) is 14.9. The van der Waals surface area contributed by atoms with E-state index in [1.165, 1.54) is 0 Å². The predicted molar refractivity (Wildman–Crippen MR) is 186 cm³/mol. The summed E-state index contributed by atoms with van der Waals surface area (Å²) in [7, 11) is 9.27. The van der Waals surface area contributed by atoms with E-state index in [4.69, 9.17) is 23.7 Å². The van der Waals surface area contributed by atoms with Crippen LogP contribution in [-0.2, 0) is 35.1 Å². The number of cyclic esters (lactones) is 1. The third kappa shape index (κ3) is 10.4. The number of methoxy groups -OCH3 is 2. The van der Waals surface area contributed by atoms with Crippen molar-refractivity contribution in [3.05, 3.63) is 29.8 Å². The van der Waals surface area contributed by atoms with E-state index >= 15 is 0 Å². The minimum absolute atomic E-state index is 0.164. The lowest BCUT2D eigenvalue weighted by Gasteiger charge is -2.47. The van der Waals surface area contributed by atoms with Crippen LogP contribution in [0.3, 0.4) is 0 Å². The number of ketones is 1. The van der Waals surface area contributed by atoms with Crippen LogP contribution in [0.15, 0.2) is 24.3 Å². The number of hydrogen-bond acceptors (Lipinski definition) is 11. The molecule has 2 aliphatic rings. The molecular formula is C37H63N3O8. The fourth-order valence-electron chi connectivity index (χ4n) is 7.34. The van der Waals surface area contributed by atoms with Crippen molar-refractivity contribution in [1.82, 2.24) is 14.7 Å². The smallest absolute Gasteiger partial charge is 0.319 e. The number of carbonyl (C=O) groups is 2. The number of likely N-dealkylation sites (N-methyl/N-ethyl adjacent to an activating group) is 2. The minimum atomic E-state index is -1.43. The number of nitrogens with zero attached hydrogens (tertiary/aromatic N) is 3. The Morgan fingerprint density at radius 1 is 1.06 bits per heavy atom. The van der Waals surface area contributed by atoms with Gasteiger partial charge in [-0.2, -0.15) is 0 Å². The first-order valence-electron chi connectivity index (χ1n) is 17.5. The van der Waals surface area contributed by atoms with Gasteiger partial charge in [-0.3, -0.25) is 14.5 Å². The van der Waals surface area contributed by atoms with Crippen LogP contribution in [0.4, 0.5) is 0 Å². The molecule has 1 N–H and O–H groups in total. The molecule has 11 nitrogen and oxygen atoms in total. The van der Waals surface area contributed by atoms with Crippen LogP contribution in [0.1, 0.15) is 66.4 Å². The lowest BCUT2D eigenvalue weighted by Crippen LogP contribution is -2.59. The van der Waals surface area contributed by atoms with Crippen LogP contribution in [0.5, 0.6) is 5.75 Å². The highest BCUT2D eigenvalue weighted by Gasteiger charge is 2.51. The van der Waals surface area contributed by atoms with E-state index < -0.39 is 41.4 Å². The molecule has 0 spiro atoms. The fraction of sp³-hybridized carbons (Fsp3) is 0.784. The second-order valence-corrected chi connectivity index (χ2v) is 15.1. The zero-order valence-corrected chi connectivity index (χ0v) is 31.4. The van der Waals surface area contributed by atoms with Crippen molar-refractivity contribution in [2.24, 2.45) is 17.3 Å². The van der Waals surface area contributed by atoms with E-state index in [1.807, 2.05) is 51.0 Å². The summed E-state index contributed by atoms with van der Waals surface area (Å²) in [6.07, 6.45) is -1.05. The van der Waals surface area contributed by atoms with E-state index in [1.54, 1.807) is 35.0 Å². The Balaban J connectivity index is 1.92. The molecule has 0 amide bonds. The van der Waals surface area contributed by atoms with Gasteiger partial charge < -0.3 is 38.6 Å². The number of esters is 1. The molecule has 0 aliphatic carbocycles. The molecule has 2 saturated heterocycles. The van der Waals surface area contributed by atoms with Crippen molar-refractivity contribution < 1.29 is 38.4 Å². The summed E-state index contributed by atoms with van der Waals surface area (Å²) < 4.78 is 30.3. The van der Waals surface area contributed by atoms with Crippen molar-refractivity contribution in [1.29, 1.82) is 0 Å². The predicted octanol–water partition coefficient (Wildman–Crippen LogP) is 3.85. The van der Waals surface area contributed by atoms with E-state index in [9.17, 15) is 14.7 Å². The fourth-order valence-corrected chi connectivity index (χ4v) is 7.34. The summed E-state index contributed by atoms with van der Waals surface area (Å²) in [6, 6.07) is 7.89. The van der Waals surface area contributed by atoms with Crippen molar-refractivity contribution in [2.75, 3.05) is 68.1 Å². The number of carbonyl (C=O) groups excluding carboxylic acids is 2. The Morgan fingerprint density at radius 2 is 1.77 bits per heavy atom. The standard InChI is InChI=1S/C37H63N3O8/c1-25-22-37(6,45-11)33(48-34-31(41)30(38(7)8)20-26(2)47-34)27(3)32(42)36(4,5)35(43)46-19-13-16-40(18-17-39(9)23-25)24-28-14-12-15-29(21-28)44-10/h12,14-15,21,25-27,30-31,33-34,41H,13,16-20,22-24H2,1-11H3/t25-,26-,27+,30+,31-,33-,34+,37-/m1/s1. The number of rotatable bonds is 7. The van der Waals surface area contributed by atoms with E-state index in [2.05, 4.69) is 29.8 Å². The van der Waals surface area contributed by atoms with Crippen LogP contribution in [-0.4, -0.2) is 136 Å². The summed E-state index contributed by atoms with van der Waals surface area (Å²) in [6.45, 7) is 15.2. The summed E-state index contributed by atoms with van der Waals surface area (Å²) in [5.74, 6) is -0.665. The van der Waals surface area contributed by atoms with Gasteiger partial charge in [-0.25, -0.2) is 0 Å². The van der Waals surface area contributed by atoms with Gasteiger partial charge in [0.15, 0.2) is 12.1 Å². The van der Waals surface area contributed by atoms with Gasteiger partial charge in [-0.15, -0.1) is 0 Å². The molecule has 1 aromatic carbocycles. The molecule has 48 heavy (non-hydrogen) atoms. The van der Waals surface area contributed by atoms with Gasteiger partial charge in [0.2, 0.25) is 0 Å². The van der Waals surface area contributed by atoms with Crippen LogP contribution < -0.4 is 4.74 Å². The zero-order chi connectivity index (χ0) is 35.8. The molecule has 3 rings (SSSR count). The maximum Gasteiger partial charge on any atom is 0.319 e. The molecule has 0 saturated carbocycles. The van der Waals surface area contributed by atoms with Gasteiger partial charge in [-0.1, -0.05) is 26.0 Å². The molecule has 11 heteroatoms. The van der Waals surface area contributed by atoms with Gasteiger partial charge in [-0.05, 0) is 91.7 Å². The Morgan fingerprint density at radius 3 is 2.42 bits per heavy atom. The first-order chi connectivity index (χ1) is 22.5. The van der Waals surface area contributed by atoms with Crippen molar-refractivity contribution in [3.8, 4) is 5.75 Å². The summed E-state index contributed by atoms with van der Waals surface area (Å²) in [5.41, 5.74) is -1.23. The lowest BCUT2D eigenvalue weighted by molar-refractivity contribution is -0.295. The monoisotopic (exact) mass is 677 g/mol. The van der Waals surface area contributed by atoms with Crippen molar-refractivity contribution >= 4 is 11.8 Å².